The first-order valence-electron chi connectivity index (χ1n) is 3.81. The summed E-state index contributed by atoms with van der Waals surface area (Å²) in [7, 11) is 0. The Bertz CT molecular complexity index is 336. The first kappa shape index (κ1) is 9.69. The smallest absolute Gasteiger partial charge is 0.263 e. The van der Waals surface area contributed by atoms with Crippen molar-refractivity contribution in [2.45, 2.75) is 6.43 Å². The lowest BCUT2D eigenvalue weighted by Gasteiger charge is -1.98. The molecule has 2 N–H and O–H groups in total. The number of rotatable bonds is 1. The molecule has 1 rings (SSSR count). The molecule has 68 valence electrons. The van der Waals surface area contributed by atoms with Crippen molar-refractivity contribution in [1.29, 1.82) is 0 Å². The van der Waals surface area contributed by atoms with Crippen molar-refractivity contribution in [3.63, 3.8) is 0 Å². The fourth-order valence-corrected chi connectivity index (χ4v) is 0.905. The molecule has 0 unspecified atom stereocenters. The Morgan fingerprint density at radius 1 is 1.38 bits per heavy atom. The van der Waals surface area contributed by atoms with Crippen molar-refractivity contribution in [2.24, 2.45) is 5.73 Å². The molecule has 0 radical (unpaired) electrons. The van der Waals surface area contributed by atoms with Gasteiger partial charge in [-0.15, -0.1) is 0 Å². The lowest BCUT2D eigenvalue weighted by atomic mass is 10.1. The second kappa shape index (κ2) is 4.58. The van der Waals surface area contributed by atoms with E-state index in [0.29, 0.717) is 5.56 Å². The van der Waals surface area contributed by atoms with Gasteiger partial charge in [0, 0.05) is 11.1 Å². The van der Waals surface area contributed by atoms with Gasteiger partial charge in [0.25, 0.3) is 6.43 Å². The molecule has 1 nitrogen and oxygen atoms in total. The minimum absolute atomic E-state index is 0.0104. The molecule has 3 heteroatoms. The molecule has 0 atom stereocenters. The van der Waals surface area contributed by atoms with Crippen LogP contribution in [0.5, 0.6) is 0 Å². The fourth-order valence-electron chi connectivity index (χ4n) is 0.905. The summed E-state index contributed by atoms with van der Waals surface area (Å²) < 4.78 is 24.4. The third kappa shape index (κ3) is 2.85. The summed E-state index contributed by atoms with van der Waals surface area (Å²) in [5.74, 6) is 5.29. The molecular weight excluding hydrogens is 172 g/mol. The van der Waals surface area contributed by atoms with Gasteiger partial charge in [0.1, 0.15) is 0 Å². The highest BCUT2D eigenvalue weighted by molar-refractivity contribution is 5.37. The van der Waals surface area contributed by atoms with Gasteiger partial charge < -0.3 is 5.73 Å². The molecule has 0 amide bonds. The van der Waals surface area contributed by atoms with E-state index in [4.69, 9.17) is 5.73 Å². The van der Waals surface area contributed by atoms with Crippen molar-refractivity contribution in [2.75, 3.05) is 6.54 Å². The predicted molar refractivity (Wildman–Crippen MR) is 47.3 cm³/mol. The van der Waals surface area contributed by atoms with E-state index in [1.54, 1.807) is 12.1 Å². The molecule has 1 aromatic rings. The molecule has 13 heavy (non-hydrogen) atoms. The van der Waals surface area contributed by atoms with Crippen molar-refractivity contribution in [1.82, 2.24) is 0 Å². The van der Waals surface area contributed by atoms with E-state index in [1.165, 1.54) is 12.1 Å². The van der Waals surface area contributed by atoms with Crippen molar-refractivity contribution >= 4 is 0 Å². The van der Waals surface area contributed by atoms with Crippen LogP contribution in [0.25, 0.3) is 0 Å². The Morgan fingerprint density at radius 2 is 2.15 bits per heavy atom. The molecule has 0 saturated heterocycles. The van der Waals surface area contributed by atoms with Gasteiger partial charge in [-0.3, -0.25) is 0 Å². The number of alkyl halides is 2. The van der Waals surface area contributed by atoms with Crippen LogP contribution in [0.4, 0.5) is 8.78 Å². The summed E-state index contributed by atoms with van der Waals surface area (Å²) in [6.45, 7) is 0.235. The minimum Gasteiger partial charge on any atom is -0.320 e. The van der Waals surface area contributed by atoms with Crippen LogP contribution in [-0.4, -0.2) is 6.54 Å². The van der Waals surface area contributed by atoms with Crippen LogP contribution < -0.4 is 5.73 Å². The van der Waals surface area contributed by atoms with Gasteiger partial charge in [-0.05, 0) is 12.1 Å². The zero-order valence-electron chi connectivity index (χ0n) is 6.93. The molecule has 0 spiro atoms. The first-order chi connectivity index (χ1) is 6.24. The summed E-state index contributed by atoms with van der Waals surface area (Å²) in [6.07, 6.45) is -2.44. The zero-order chi connectivity index (χ0) is 9.68. The second-order valence-corrected chi connectivity index (χ2v) is 2.43. The zero-order valence-corrected chi connectivity index (χ0v) is 6.93. The van der Waals surface area contributed by atoms with Gasteiger partial charge >= 0.3 is 0 Å². The predicted octanol–water partition coefficient (Wildman–Crippen LogP) is 1.93. The SMILES string of the molecule is NCC#Cc1cccc(C(F)F)c1. The highest BCUT2D eigenvalue weighted by atomic mass is 19.3. The van der Waals surface area contributed by atoms with Crippen LogP contribution >= 0.6 is 0 Å². The van der Waals surface area contributed by atoms with Gasteiger partial charge in [0.15, 0.2) is 0 Å². The van der Waals surface area contributed by atoms with Gasteiger partial charge in [-0.25, -0.2) is 8.78 Å². The molecule has 0 aliphatic heterocycles. The summed E-state index contributed by atoms with van der Waals surface area (Å²) >= 11 is 0. The van der Waals surface area contributed by atoms with Gasteiger partial charge in [0.2, 0.25) is 0 Å². The second-order valence-electron chi connectivity index (χ2n) is 2.43. The van der Waals surface area contributed by atoms with Crippen molar-refractivity contribution < 1.29 is 8.78 Å². The molecule has 0 bridgehead atoms. The molecular formula is C10H9F2N. The molecule has 0 aliphatic carbocycles. The molecule has 0 fully saturated rings. The van der Waals surface area contributed by atoms with Gasteiger partial charge in [-0.2, -0.15) is 0 Å². The Balaban J connectivity index is 2.92. The fraction of sp³-hybridized carbons (Fsp3) is 0.200. The monoisotopic (exact) mass is 181 g/mol. The van der Waals surface area contributed by atoms with E-state index in [0.717, 1.165) is 0 Å². The van der Waals surface area contributed by atoms with Crippen LogP contribution in [0.3, 0.4) is 0 Å². The lowest BCUT2D eigenvalue weighted by molar-refractivity contribution is 0.151. The molecule has 1 aromatic carbocycles. The van der Waals surface area contributed by atoms with E-state index in [1.807, 2.05) is 0 Å². The maximum Gasteiger partial charge on any atom is 0.263 e. The minimum atomic E-state index is -2.44. The quantitative estimate of drug-likeness (QED) is 0.658. The Labute approximate surface area is 75.6 Å². The molecule has 0 aromatic heterocycles. The molecule has 0 aliphatic rings. The van der Waals surface area contributed by atoms with E-state index < -0.39 is 6.43 Å². The van der Waals surface area contributed by atoms with Crippen molar-refractivity contribution in [3.8, 4) is 11.8 Å². The Kier molecular flexibility index (Phi) is 3.41. The number of hydrogen-bond donors (Lipinski definition) is 1. The maximum atomic E-state index is 12.2. The normalized spacial score (nSPS) is 9.54. The van der Waals surface area contributed by atoms with E-state index in [2.05, 4.69) is 11.8 Å². The van der Waals surface area contributed by atoms with Crippen LogP contribution in [0, 0.1) is 11.8 Å². The maximum absolute atomic E-state index is 12.2. The third-order valence-corrected chi connectivity index (χ3v) is 1.47. The molecule has 0 heterocycles. The van der Waals surface area contributed by atoms with Gasteiger partial charge in [-0.1, -0.05) is 24.0 Å². The highest BCUT2D eigenvalue weighted by Gasteiger charge is 2.05. The number of nitrogens with two attached hydrogens (primary N) is 1. The Hall–Kier alpha value is -1.40. The van der Waals surface area contributed by atoms with Gasteiger partial charge in [0.05, 0.1) is 6.54 Å². The van der Waals surface area contributed by atoms with E-state index in [-0.39, 0.29) is 12.1 Å². The average molecular weight is 181 g/mol. The Morgan fingerprint density at radius 3 is 2.77 bits per heavy atom. The summed E-state index contributed by atoms with van der Waals surface area (Å²) in [6, 6.07) is 5.97. The lowest BCUT2D eigenvalue weighted by Crippen LogP contribution is -1.93. The number of benzene rings is 1. The van der Waals surface area contributed by atoms with Crippen LogP contribution in [0.15, 0.2) is 24.3 Å². The summed E-state index contributed by atoms with van der Waals surface area (Å²) in [4.78, 5) is 0. The largest absolute Gasteiger partial charge is 0.320 e. The molecule has 0 saturated carbocycles. The summed E-state index contributed by atoms with van der Waals surface area (Å²) in [5, 5.41) is 0. The van der Waals surface area contributed by atoms with E-state index in [9.17, 15) is 8.78 Å². The topological polar surface area (TPSA) is 26.0 Å². The first-order valence-corrected chi connectivity index (χ1v) is 3.81. The van der Waals surface area contributed by atoms with Crippen LogP contribution in [0.2, 0.25) is 0 Å². The highest BCUT2D eigenvalue weighted by Crippen LogP contribution is 2.18. The standard InChI is InChI=1S/C10H9F2N/c11-10(12)9-5-1-3-8(7-9)4-2-6-13/h1,3,5,7,10H,6,13H2. The summed E-state index contributed by atoms with van der Waals surface area (Å²) in [5.41, 5.74) is 5.71. The number of hydrogen-bond acceptors (Lipinski definition) is 1. The number of halogens is 2. The van der Waals surface area contributed by atoms with Crippen molar-refractivity contribution in [3.05, 3.63) is 35.4 Å². The van der Waals surface area contributed by atoms with E-state index >= 15 is 0 Å². The average Bonchev–Trinajstić information content (AvgIpc) is 2.15. The van der Waals surface area contributed by atoms with Crippen LogP contribution in [-0.2, 0) is 0 Å². The van der Waals surface area contributed by atoms with Crippen LogP contribution in [0.1, 0.15) is 17.6 Å². The third-order valence-electron chi connectivity index (χ3n) is 1.47.